The molecule has 4 rings (SSSR count). The summed E-state index contributed by atoms with van der Waals surface area (Å²) in [5.41, 5.74) is 1.18. The first-order valence-electron chi connectivity index (χ1n) is 8.05. The summed E-state index contributed by atoms with van der Waals surface area (Å²) in [6, 6.07) is 5.68. The van der Waals surface area contributed by atoms with E-state index >= 15 is 0 Å². The Hall–Kier alpha value is -3.47. The Kier molecular flexibility index (Phi) is 4.43. The number of aromatic nitrogens is 2. The Bertz CT molecular complexity index is 1040. The van der Waals surface area contributed by atoms with Gasteiger partial charge in [-0.1, -0.05) is 5.16 Å². The molecule has 0 unspecified atom stereocenters. The molecule has 142 valence electrons. The second-order valence-electron chi connectivity index (χ2n) is 5.94. The number of hydrogen-bond donors (Lipinski definition) is 0. The lowest BCUT2D eigenvalue weighted by Gasteiger charge is -2.37. The van der Waals surface area contributed by atoms with Crippen LogP contribution in [0.25, 0.3) is 6.08 Å². The van der Waals surface area contributed by atoms with E-state index in [2.05, 4.69) is 10.1 Å². The number of nitrogens with zero attached hydrogens (tertiary/aromatic N) is 4. The summed E-state index contributed by atoms with van der Waals surface area (Å²) in [5, 5.41) is 15.6. The summed E-state index contributed by atoms with van der Waals surface area (Å²) in [6.45, 7) is 1.59. The van der Waals surface area contributed by atoms with E-state index in [0.717, 1.165) is 0 Å². The molecule has 0 spiro atoms. The number of carbonyl (C=O) groups is 2. The Balaban J connectivity index is 1.38. The first-order valence-corrected chi connectivity index (χ1v) is 9.00. The molecule has 1 amide bonds. The molecule has 11 heteroatoms. The highest BCUT2D eigenvalue weighted by atomic mass is 32.2. The van der Waals surface area contributed by atoms with E-state index in [1.807, 2.05) is 0 Å². The molecule has 3 heterocycles. The van der Waals surface area contributed by atoms with Crippen molar-refractivity contribution in [3.63, 3.8) is 0 Å². The van der Waals surface area contributed by atoms with Crippen molar-refractivity contribution in [3.8, 4) is 0 Å². The summed E-state index contributed by atoms with van der Waals surface area (Å²) in [4.78, 5) is 40.2. The maximum absolute atomic E-state index is 12.4. The first kappa shape index (κ1) is 17.9. The molecule has 2 aliphatic heterocycles. The quantitative estimate of drug-likeness (QED) is 0.244. The molecule has 1 fully saturated rings. The molecule has 28 heavy (non-hydrogen) atoms. The summed E-state index contributed by atoms with van der Waals surface area (Å²) in [5.74, 6) is -0.273. The molecule has 10 nitrogen and oxygen atoms in total. The molecule has 0 saturated carbocycles. The van der Waals surface area contributed by atoms with E-state index in [1.54, 1.807) is 12.3 Å². The van der Waals surface area contributed by atoms with Gasteiger partial charge in [-0.3, -0.25) is 19.8 Å². The smallest absolute Gasteiger partial charge is 0.355 e. The summed E-state index contributed by atoms with van der Waals surface area (Å²) in [6.07, 6.45) is 1.53. The highest BCUT2D eigenvalue weighted by Gasteiger charge is 2.50. The number of thioether (sulfide) groups is 1. The van der Waals surface area contributed by atoms with E-state index in [-0.39, 0.29) is 29.3 Å². The van der Waals surface area contributed by atoms with E-state index in [1.165, 1.54) is 47.0 Å². The number of benzene rings is 1. The molecule has 1 aromatic carbocycles. The fraction of sp³-hybridized carbons (Fsp3) is 0.176. The van der Waals surface area contributed by atoms with Crippen LogP contribution in [-0.2, 0) is 20.9 Å². The number of amides is 1. The Morgan fingerprint density at radius 2 is 2.18 bits per heavy atom. The van der Waals surface area contributed by atoms with Crippen molar-refractivity contribution in [2.75, 3.05) is 0 Å². The van der Waals surface area contributed by atoms with Crippen LogP contribution in [0.15, 0.2) is 45.5 Å². The van der Waals surface area contributed by atoms with E-state index in [4.69, 9.17) is 9.26 Å². The molecule has 0 N–H and O–H groups in total. The van der Waals surface area contributed by atoms with Crippen molar-refractivity contribution in [3.05, 3.63) is 68.3 Å². The maximum atomic E-state index is 12.4. The Labute approximate surface area is 162 Å². The van der Waals surface area contributed by atoms with Crippen LogP contribution >= 0.6 is 11.8 Å². The third kappa shape index (κ3) is 3.16. The van der Waals surface area contributed by atoms with Crippen LogP contribution < -0.4 is 0 Å². The van der Waals surface area contributed by atoms with Crippen LogP contribution in [0, 0.1) is 17.0 Å². The summed E-state index contributed by atoms with van der Waals surface area (Å²) < 4.78 is 10.1. The van der Waals surface area contributed by atoms with E-state index < -0.39 is 10.9 Å². The van der Waals surface area contributed by atoms with Crippen LogP contribution in [0.4, 0.5) is 5.69 Å². The Morgan fingerprint density at radius 3 is 2.82 bits per heavy atom. The number of rotatable bonds is 5. The lowest BCUT2D eigenvalue weighted by atomic mass is 10.0. The molecule has 1 saturated heterocycles. The number of hydrogen-bond acceptors (Lipinski definition) is 9. The van der Waals surface area contributed by atoms with E-state index in [0.29, 0.717) is 22.9 Å². The van der Waals surface area contributed by atoms with Crippen LogP contribution in [0.3, 0.4) is 0 Å². The van der Waals surface area contributed by atoms with Crippen molar-refractivity contribution in [2.24, 2.45) is 0 Å². The van der Waals surface area contributed by atoms with E-state index in [9.17, 15) is 19.7 Å². The number of nitro benzene ring substituents is 1. The van der Waals surface area contributed by atoms with Crippen molar-refractivity contribution >= 4 is 35.4 Å². The van der Waals surface area contributed by atoms with Gasteiger partial charge in [0.2, 0.25) is 5.89 Å². The van der Waals surface area contributed by atoms with Crippen LogP contribution in [-0.4, -0.2) is 37.2 Å². The number of fused-ring (bicyclic) bond motifs is 1. The van der Waals surface area contributed by atoms with Gasteiger partial charge in [-0.25, -0.2) is 4.79 Å². The highest BCUT2D eigenvalue weighted by Crippen LogP contribution is 2.45. The second kappa shape index (κ2) is 6.93. The summed E-state index contributed by atoms with van der Waals surface area (Å²) >= 11 is 1.31. The van der Waals surface area contributed by atoms with Crippen LogP contribution in [0.1, 0.15) is 17.3 Å². The van der Waals surface area contributed by atoms with Crippen molar-refractivity contribution in [2.45, 2.75) is 18.9 Å². The second-order valence-corrected chi connectivity index (χ2v) is 6.89. The van der Waals surface area contributed by atoms with Gasteiger partial charge in [-0.05, 0) is 23.8 Å². The van der Waals surface area contributed by atoms with Crippen molar-refractivity contribution in [1.29, 1.82) is 0 Å². The van der Waals surface area contributed by atoms with Crippen LogP contribution in [0.2, 0.25) is 0 Å². The zero-order chi connectivity index (χ0) is 19.8. The lowest BCUT2D eigenvalue weighted by Crippen LogP contribution is -2.51. The minimum Gasteiger partial charge on any atom is -0.456 e. The molecule has 2 aliphatic rings. The molecule has 0 radical (unpaired) electrons. The number of non-ortho nitro benzene ring substituents is 1. The molecule has 0 aliphatic carbocycles. The summed E-state index contributed by atoms with van der Waals surface area (Å²) in [7, 11) is 0. The monoisotopic (exact) mass is 400 g/mol. The minimum atomic E-state index is -0.642. The Morgan fingerprint density at radius 1 is 1.43 bits per heavy atom. The highest BCUT2D eigenvalue weighted by molar-refractivity contribution is 8.03. The lowest BCUT2D eigenvalue weighted by molar-refractivity contribution is -0.384. The molecule has 1 atom stereocenters. The van der Waals surface area contributed by atoms with Gasteiger partial charge < -0.3 is 9.26 Å². The number of carbonyl (C=O) groups excluding carboxylic acids is 2. The predicted molar refractivity (Wildman–Crippen MR) is 96.2 cm³/mol. The van der Waals surface area contributed by atoms with Crippen LogP contribution in [0.5, 0.6) is 0 Å². The standard InChI is InChI=1S/C17H12N4O6S/c1-9-18-14(19-27-9)6-12-15(22)20-13(8-28-16(12)20)17(23)26-7-10-2-4-11(5-3-10)21(24)25/h2-6,8,16H,7H2,1H3/t16-/m0/s1. The fourth-order valence-corrected chi connectivity index (χ4v) is 3.82. The zero-order valence-corrected chi connectivity index (χ0v) is 15.2. The van der Waals surface area contributed by atoms with Gasteiger partial charge in [0, 0.05) is 24.5 Å². The van der Waals surface area contributed by atoms with Gasteiger partial charge in [-0.15, -0.1) is 11.8 Å². The third-order valence-corrected chi connectivity index (χ3v) is 5.17. The molecule has 0 bridgehead atoms. The van der Waals surface area contributed by atoms with Gasteiger partial charge in [-0.2, -0.15) is 4.98 Å². The van der Waals surface area contributed by atoms with Crippen molar-refractivity contribution < 1.29 is 23.8 Å². The van der Waals surface area contributed by atoms with Gasteiger partial charge in [0.15, 0.2) is 5.82 Å². The van der Waals surface area contributed by atoms with Gasteiger partial charge in [0.05, 0.1) is 10.5 Å². The van der Waals surface area contributed by atoms with Gasteiger partial charge in [0.25, 0.3) is 11.6 Å². The fourth-order valence-electron chi connectivity index (χ4n) is 2.71. The largest absolute Gasteiger partial charge is 0.456 e. The maximum Gasteiger partial charge on any atom is 0.355 e. The number of nitro groups is 1. The number of β-lactam (4-membered cyclic amide) rings is 1. The topological polar surface area (TPSA) is 129 Å². The van der Waals surface area contributed by atoms with Crippen molar-refractivity contribution in [1.82, 2.24) is 15.0 Å². The number of aryl methyl sites for hydroxylation is 1. The minimum absolute atomic E-state index is 0.0462. The SMILES string of the molecule is Cc1nc(C=C2C(=O)N3C(C(=O)OCc4ccc([N+](=O)[O-])cc4)=CS[C@@H]23)no1. The van der Waals surface area contributed by atoms with Gasteiger partial charge in [0.1, 0.15) is 17.7 Å². The molecule has 1 aromatic heterocycles. The van der Waals surface area contributed by atoms with Gasteiger partial charge >= 0.3 is 5.97 Å². The average Bonchev–Trinajstić information content (AvgIpc) is 3.28. The number of ether oxygens (including phenoxy) is 1. The average molecular weight is 400 g/mol. The molecule has 2 aromatic rings. The predicted octanol–water partition coefficient (Wildman–Crippen LogP) is 2.17. The zero-order valence-electron chi connectivity index (χ0n) is 14.4. The number of esters is 1. The normalized spacial score (nSPS) is 19.2. The molecular weight excluding hydrogens is 388 g/mol. The third-order valence-electron chi connectivity index (χ3n) is 4.09. The molecular formula is C17H12N4O6S. The first-order chi connectivity index (χ1) is 13.4.